The fourth-order valence-electron chi connectivity index (χ4n) is 1.99. The van der Waals surface area contributed by atoms with Crippen molar-refractivity contribution in [2.24, 2.45) is 5.73 Å². The molecule has 1 aromatic rings. The summed E-state index contributed by atoms with van der Waals surface area (Å²) in [6.07, 6.45) is 4.39. The van der Waals surface area contributed by atoms with E-state index in [9.17, 15) is 0 Å². The number of nitrogens with one attached hydrogen (secondary N) is 1. The number of methoxy groups -OCH3 is 1. The minimum absolute atomic E-state index is 0.115. The van der Waals surface area contributed by atoms with Crippen LogP contribution in [0.1, 0.15) is 25.7 Å². The number of ether oxygens (including phenoxy) is 1. The van der Waals surface area contributed by atoms with E-state index in [0.29, 0.717) is 5.95 Å². The van der Waals surface area contributed by atoms with Crippen LogP contribution >= 0.6 is 11.6 Å². The Bertz CT molecular complexity index is 389. The predicted octanol–water partition coefficient (Wildman–Crippen LogP) is 1.22. The van der Waals surface area contributed by atoms with Crippen molar-refractivity contribution in [3.8, 4) is 6.01 Å². The van der Waals surface area contributed by atoms with Crippen LogP contribution < -0.4 is 15.8 Å². The van der Waals surface area contributed by atoms with Crippen molar-refractivity contribution in [1.82, 2.24) is 15.0 Å². The molecule has 1 heterocycles. The molecule has 2 atom stereocenters. The molecular weight excluding hydrogens is 242 g/mol. The second kappa shape index (κ2) is 5.46. The zero-order chi connectivity index (χ0) is 12.3. The summed E-state index contributed by atoms with van der Waals surface area (Å²) in [5, 5.41) is 3.31. The standard InChI is InChI=1S/C10H16ClN5O/c1-17-10-15-8(11)14-9(16-10)13-7-5-3-2-4-6(7)12/h6-7H,2-5,12H2,1H3,(H,13,14,15,16)/t6-,7-/m1/s1. The number of nitrogens with two attached hydrogens (primary N) is 1. The monoisotopic (exact) mass is 257 g/mol. The fraction of sp³-hybridized carbons (Fsp3) is 0.700. The molecule has 3 N–H and O–H groups in total. The van der Waals surface area contributed by atoms with E-state index in [4.69, 9.17) is 22.1 Å². The number of halogens is 1. The van der Waals surface area contributed by atoms with Crippen LogP contribution in [0.4, 0.5) is 5.95 Å². The first-order chi connectivity index (χ1) is 8.19. The van der Waals surface area contributed by atoms with E-state index < -0.39 is 0 Å². The van der Waals surface area contributed by atoms with Gasteiger partial charge in [0, 0.05) is 12.1 Å². The summed E-state index contributed by atoms with van der Waals surface area (Å²) in [6, 6.07) is 0.522. The molecule has 0 spiro atoms. The van der Waals surface area contributed by atoms with Crippen LogP contribution in [0.25, 0.3) is 0 Å². The Hall–Kier alpha value is -1.14. The Morgan fingerprint density at radius 3 is 2.76 bits per heavy atom. The SMILES string of the molecule is COc1nc(Cl)nc(N[C@@H]2CCCC[C@H]2N)n1. The first-order valence-electron chi connectivity index (χ1n) is 5.66. The molecule has 1 saturated carbocycles. The van der Waals surface area contributed by atoms with Gasteiger partial charge in [0.15, 0.2) is 0 Å². The van der Waals surface area contributed by atoms with Crippen LogP contribution in [0, 0.1) is 0 Å². The third-order valence-electron chi connectivity index (χ3n) is 2.90. The maximum atomic E-state index is 6.04. The molecule has 7 heteroatoms. The van der Waals surface area contributed by atoms with E-state index in [2.05, 4.69) is 20.3 Å². The molecule has 1 aliphatic carbocycles. The van der Waals surface area contributed by atoms with Gasteiger partial charge in [-0.25, -0.2) is 0 Å². The van der Waals surface area contributed by atoms with Gasteiger partial charge in [0.1, 0.15) is 0 Å². The van der Waals surface area contributed by atoms with E-state index in [1.807, 2.05) is 0 Å². The smallest absolute Gasteiger partial charge is 0.322 e. The highest BCUT2D eigenvalue weighted by molar-refractivity contribution is 6.28. The lowest BCUT2D eigenvalue weighted by Gasteiger charge is -2.29. The van der Waals surface area contributed by atoms with Crippen LogP contribution in [0.2, 0.25) is 5.28 Å². The highest BCUT2D eigenvalue weighted by Crippen LogP contribution is 2.20. The summed E-state index contributed by atoms with van der Waals surface area (Å²) < 4.78 is 4.93. The van der Waals surface area contributed by atoms with Gasteiger partial charge >= 0.3 is 6.01 Å². The molecule has 6 nitrogen and oxygen atoms in total. The van der Waals surface area contributed by atoms with E-state index in [1.54, 1.807) is 0 Å². The molecular formula is C10H16ClN5O. The quantitative estimate of drug-likeness (QED) is 0.847. The Kier molecular flexibility index (Phi) is 3.96. The summed E-state index contributed by atoms with van der Waals surface area (Å²) in [6.45, 7) is 0. The Morgan fingerprint density at radius 2 is 2.06 bits per heavy atom. The Balaban J connectivity index is 2.09. The van der Waals surface area contributed by atoms with Crippen molar-refractivity contribution in [2.45, 2.75) is 37.8 Å². The van der Waals surface area contributed by atoms with Crippen molar-refractivity contribution in [3.63, 3.8) is 0 Å². The molecule has 0 saturated heterocycles. The molecule has 0 unspecified atom stereocenters. The lowest BCUT2D eigenvalue weighted by Crippen LogP contribution is -2.43. The topological polar surface area (TPSA) is 86.0 Å². The zero-order valence-electron chi connectivity index (χ0n) is 9.69. The molecule has 17 heavy (non-hydrogen) atoms. The van der Waals surface area contributed by atoms with Crippen LogP contribution in [-0.2, 0) is 0 Å². The molecule has 0 aliphatic heterocycles. The second-order valence-electron chi connectivity index (χ2n) is 4.11. The Morgan fingerprint density at radius 1 is 1.29 bits per heavy atom. The van der Waals surface area contributed by atoms with Crippen molar-refractivity contribution in [1.29, 1.82) is 0 Å². The van der Waals surface area contributed by atoms with Crippen LogP contribution in [-0.4, -0.2) is 34.1 Å². The van der Waals surface area contributed by atoms with Crippen molar-refractivity contribution >= 4 is 17.5 Å². The van der Waals surface area contributed by atoms with Gasteiger partial charge in [0.2, 0.25) is 11.2 Å². The van der Waals surface area contributed by atoms with Gasteiger partial charge in [0.05, 0.1) is 7.11 Å². The van der Waals surface area contributed by atoms with Gasteiger partial charge in [0.25, 0.3) is 0 Å². The van der Waals surface area contributed by atoms with Crippen molar-refractivity contribution in [3.05, 3.63) is 5.28 Å². The highest BCUT2D eigenvalue weighted by Gasteiger charge is 2.22. The van der Waals surface area contributed by atoms with Gasteiger partial charge in [-0.2, -0.15) is 15.0 Å². The molecule has 0 amide bonds. The highest BCUT2D eigenvalue weighted by atomic mass is 35.5. The van der Waals surface area contributed by atoms with Gasteiger partial charge in [-0.15, -0.1) is 0 Å². The summed E-state index contributed by atoms with van der Waals surface area (Å²) in [7, 11) is 1.49. The number of rotatable bonds is 3. The van der Waals surface area contributed by atoms with E-state index in [0.717, 1.165) is 12.8 Å². The lowest BCUT2D eigenvalue weighted by atomic mass is 9.91. The molecule has 2 rings (SSSR count). The number of hydrogen-bond acceptors (Lipinski definition) is 6. The lowest BCUT2D eigenvalue weighted by molar-refractivity contribution is 0.376. The van der Waals surface area contributed by atoms with E-state index >= 15 is 0 Å². The van der Waals surface area contributed by atoms with Gasteiger partial charge < -0.3 is 15.8 Å². The molecule has 0 bridgehead atoms. The first-order valence-corrected chi connectivity index (χ1v) is 6.04. The second-order valence-corrected chi connectivity index (χ2v) is 4.45. The largest absolute Gasteiger partial charge is 0.467 e. The summed E-state index contributed by atoms with van der Waals surface area (Å²) >= 11 is 5.77. The number of nitrogens with zero attached hydrogens (tertiary/aromatic N) is 3. The van der Waals surface area contributed by atoms with Gasteiger partial charge in [-0.3, -0.25) is 0 Å². The van der Waals surface area contributed by atoms with Gasteiger partial charge in [-0.05, 0) is 24.4 Å². The third-order valence-corrected chi connectivity index (χ3v) is 3.07. The van der Waals surface area contributed by atoms with Crippen molar-refractivity contribution < 1.29 is 4.74 Å². The number of aromatic nitrogens is 3. The molecule has 94 valence electrons. The summed E-state index contributed by atoms with van der Waals surface area (Å²) in [5.41, 5.74) is 6.04. The fourth-order valence-corrected chi connectivity index (χ4v) is 2.14. The minimum atomic E-state index is 0.115. The summed E-state index contributed by atoms with van der Waals surface area (Å²) in [4.78, 5) is 11.9. The average molecular weight is 258 g/mol. The normalized spacial score (nSPS) is 24.4. The maximum Gasteiger partial charge on any atom is 0.322 e. The van der Waals surface area contributed by atoms with Crippen LogP contribution in [0.5, 0.6) is 6.01 Å². The number of hydrogen-bond donors (Lipinski definition) is 2. The molecule has 0 radical (unpaired) electrons. The van der Waals surface area contributed by atoms with Crippen LogP contribution in [0.3, 0.4) is 0 Å². The van der Waals surface area contributed by atoms with Gasteiger partial charge in [-0.1, -0.05) is 12.8 Å². The first kappa shape index (κ1) is 12.3. The van der Waals surface area contributed by atoms with E-state index in [1.165, 1.54) is 20.0 Å². The predicted molar refractivity (Wildman–Crippen MR) is 65.2 cm³/mol. The average Bonchev–Trinajstić information content (AvgIpc) is 2.31. The third kappa shape index (κ3) is 3.17. The van der Waals surface area contributed by atoms with Crippen molar-refractivity contribution in [2.75, 3.05) is 12.4 Å². The number of anilines is 1. The van der Waals surface area contributed by atoms with Crippen LogP contribution in [0.15, 0.2) is 0 Å². The minimum Gasteiger partial charge on any atom is -0.467 e. The zero-order valence-corrected chi connectivity index (χ0v) is 10.4. The molecule has 0 aromatic carbocycles. The Labute approximate surface area is 105 Å². The maximum absolute atomic E-state index is 6.04. The molecule has 1 fully saturated rings. The molecule has 1 aliphatic rings. The van der Waals surface area contributed by atoms with E-state index in [-0.39, 0.29) is 23.4 Å². The summed E-state index contributed by atoms with van der Waals surface area (Å²) in [5.74, 6) is 0.421. The molecule has 1 aromatic heterocycles.